The highest BCUT2D eigenvalue weighted by atomic mass is 16.5. The molecule has 0 aromatic heterocycles. The van der Waals surface area contributed by atoms with E-state index in [0.717, 1.165) is 31.1 Å². The summed E-state index contributed by atoms with van der Waals surface area (Å²) in [5.74, 6) is 0.948. The second-order valence-corrected chi connectivity index (χ2v) is 3.76. The third kappa shape index (κ3) is 3.42. The first-order chi connectivity index (χ1) is 7.71. The van der Waals surface area contributed by atoms with Gasteiger partial charge in [-0.3, -0.25) is 4.90 Å². The molecule has 0 unspecified atom stereocenters. The third-order valence-electron chi connectivity index (χ3n) is 2.67. The van der Waals surface area contributed by atoms with Crippen LogP contribution in [0, 0.1) is 0 Å². The molecule has 16 heavy (non-hydrogen) atoms. The topological polar surface area (TPSA) is 38.5 Å². The van der Waals surface area contributed by atoms with Gasteiger partial charge in [0.15, 0.2) is 0 Å². The van der Waals surface area contributed by atoms with Crippen molar-refractivity contribution in [2.75, 3.05) is 25.4 Å². The lowest BCUT2D eigenvalue weighted by atomic mass is 10.1. The zero-order valence-electron chi connectivity index (χ0n) is 10.5. The summed E-state index contributed by atoms with van der Waals surface area (Å²) < 4.78 is 5.60. The molecule has 0 aliphatic heterocycles. The highest BCUT2D eigenvalue weighted by Crippen LogP contribution is 2.23. The van der Waals surface area contributed by atoms with Gasteiger partial charge in [-0.25, -0.2) is 0 Å². The summed E-state index contributed by atoms with van der Waals surface area (Å²) in [4.78, 5) is 2.34. The van der Waals surface area contributed by atoms with Crippen molar-refractivity contribution >= 4 is 5.69 Å². The van der Waals surface area contributed by atoms with Gasteiger partial charge in [0.05, 0.1) is 6.61 Å². The van der Waals surface area contributed by atoms with Crippen LogP contribution in [0.4, 0.5) is 5.69 Å². The minimum Gasteiger partial charge on any atom is -0.494 e. The van der Waals surface area contributed by atoms with E-state index in [2.05, 4.69) is 18.7 Å². The lowest BCUT2D eigenvalue weighted by Crippen LogP contribution is -2.22. The fourth-order valence-electron chi connectivity index (χ4n) is 1.71. The van der Waals surface area contributed by atoms with E-state index in [9.17, 15) is 0 Å². The van der Waals surface area contributed by atoms with Crippen LogP contribution in [0.1, 0.15) is 26.3 Å². The standard InChI is InChI=1S/C13H22N2O/c1-4-15(5-2)10-11-9-12(14)7-8-13(11)16-6-3/h7-9H,4-6,10,14H2,1-3H3. The van der Waals surface area contributed by atoms with Crippen molar-refractivity contribution in [1.29, 1.82) is 0 Å². The quantitative estimate of drug-likeness (QED) is 0.752. The Balaban J connectivity index is 2.86. The maximum atomic E-state index is 5.81. The number of anilines is 1. The molecule has 0 spiro atoms. The van der Waals surface area contributed by atoms with E-state index in [0.29, 0.717) is 6.61 Å². The predicted octanol–water partition coefficient (Wildman–Crippen LogP) is 2.51. The van der Waals surface area contributed by atoms with Crippen molar-refractivity contribution in [3.8, 4) is 5.75 Å². The molecule has 0 radical (unpaired) electrons. The minimum atomic E-state index is 0.690. The Bertz CT molecular complexity index is 322. The molecule has 0 saturated carbocycles. The smallest absolute Gasteiger partial charge is 0.123 e. The number of nitrogens with zero attached hydrogens (tertiary/aromatic N) is 1. The van der Waals surface area contributed by atoms with Crippen LogP contribution in [-0.4, -0.2) is 24.6 Å². The molecule has 3 nitrogen and oxygen atoms in total. The molecule has 0 fully saturated rings. The van der Waals surface area contributed by atoms with Gasteiger partial charge in [0.25, 0.3) is 0 Å². The van der Waals surface area contributed by atoms with E-state index in [1.807, 2.05) is 25.1 Å². The molecular formula is C13H22N2O. The van der Waals surface area contributed by atoms with Gasteiger partial charge in [-0.1, -0.05) is 13.8 Å². The number of ether oxygens (including phenoxy) is 1. The first-order valence-corrected chi connectivity index (χ1v) is 5.94. The van der Waals surface area contributed by atoms with Gasteiger partial charge in [0.1, 0.15) is 5.75 Å². The highest BCUT2D eigenvalue weighted by molar-refractivity contribution is 5.47. The Labute approximate surface area is 98.2 Å². The summed E-state index contributed by atoms with van der Waals surface area (Å²) in [7, 11) is 0. The molecule has 1 aromatic rings. The number of rotatable bonds is 6. The molecule has 0 amide bonds. The van der Waals surface area contributed by atoms with Crippen LogP contribution in [0.25, 0.3) is 0 Å². The van der Waals surface area contributed by atoms with E-state index in [1.165, 1.54) is 5.56 Å². The fourth-order valence-corrected chi connectivity index (χ4v) is 1.71. The van der Waals surface area contributed by atoms with Crippen LogP contribution < -0.4 is 10.5 Å². The van der Waals surface area contributed by atoms with E-state index in [1.54, 1.807) is 0 Å². The second kappa shape index (κ2) is 6.38. The average molecular weight is 222 g/mol. The number of benzene rings is 1. The number of hydrogen-bond acceptors (Lipinski definition) is 3. The Morgan fingerprint density at radius 1 is 1.19 bits per heavy atom. The van der Waals surface area contributed by atoms with Crippen molar-refractivity contribution in [2.45, 2.75) is 27.3 Å². The van der Waals surface area contributed by atoms with Gasteiger partial charge in [-0.2, -0.15) is 0 Å². The molecule has 1 rings (SSSR count). The van der Waals surface area contributed by atoms with Gasteiger partial charge in [0, 0.05) is 17.8 Å². The maximum Gasteiger partial charge on any atom is 0.123 e. The normalized spacial score (nSPS) is 10.8. The number of nitrogens with two attached hydrogens (primary N) is 1. The molecule has 0 aliphatic carbocycles. The van der Waals surface area contributed by atoms with Crippen LogP contribution in [0.2, 0.25) is 0 Å². The van der Waals surface area contributed by atoms with E-state index < -0.39 is 0 Å². The van der Waals surface area contributed by atoms with Gasteiger partial charge in [0.2, 0.25) is 0 Å². The van der Waals surface area contributed by atoms with Gasteiger partial charge < -0.3 is 10.5 Å². The molecule has 1 aromatic carbocycles. The van der Waals surface area contributed by atoms with E-state index >= 15 is 0 Å². The average Bonchev–Trinajstić information content (AvgIpc) is 2.29. The molecular weight excluding hydrogens is 200 g/mol. The minimum absolute atomic E-state index is 0.690. The lowest BCUT2D eigenvalue weighted by Gasteiger charge is -2.20. The van der Waals surface area contributed by atoms with Crippen molar-refractivity contribution < 1.29 is 4.74 Å². The largest absolute Gasteiger partial charge is 0.494 e. The SMILES string of the molecule is CCOc1ccc(N)cc1CN(CC)CC. The van der Waals surface area contributed by atoms with Gasteiger partial charge >= 0.3 is 0 Å². The van der Waals surface area contributed by atoms with Crippen molar-refractivity contribution in [1.82, 2.24) is 4.90 Å². The van der Waals surface area contributed by atoms with Crippen LogP contribution in [0.5, 0.6) is 5.75 Å². The van der Waals surface area contributed by atoms with Crippen molar-refractivity contribution in [3.63, 3.8) is 0 Å². The number of hydrogen-bond donors (Lipinski definition) is 1. The first-order valence-electron chi connectivity index (χ1n) is 5.94. The Morgan fingerprint density at radius 2 is 1.88 bits per heavy atom. The highest BCUT2D eigenvalue weighted by Gasteiger charge is 2.07. The summed E-state index contributed by atoms with van der Waals surface area (Å²) in [6.07, 6.45) is 0. The fraction of sp³-hybridized carbons (Fsp3) is 0.538. The summed E-state index contributed by atoms with van der Waals surface area (Å²) in [6, 6.07) is 5.84. The number of nitrogen functional groups attached to an aromatic ring is 1. The van der Waals surface area contributed by atoms with Crippen molar-refractivity contribution in [3.05, 3.63) is 23.8 Å². The Hall–Kier alpha value is -1.22. The molecule has 2 N–H and O–H groups in total. The van der Waals surface area contributed by atoms with E-state index in [-0.39, 0.29) is 0 Å². The molecule has 0 bridgehead atoms. The zero-order valence-corrected chi connectivity index (χ0v) is 10.5. The Kier molecular flexibility index (Phi) is 5.12. The van der Waals surface area contributed by atoms with Crippen LogP contribution >= 0.6 is 0 Å². The van der Waals surface area contributed by atoms with Gasteiger partial charge in [-0.15, -0.1) is 0 Å². The lowest BCUT2D eigenvalue weighted by molar-refractivity contribution is 0.282. The van der Waals surface area contributed by atoms with Crippen LogP contribution in [0.3, 0.4) is 0 Å². The third-order valence-corrected chi connectivity index (χ3v) is 2.67. The molecule has 0 saturated heterocycles. The molecule has 0 heterocycles. The molecule has 0 atom stereocenters. The van der Waals surface area contributed by atoms with Crippen molar-refractivity contribution in [2.24, 2.45) is 0 Å². The monoisotopic (exact) mass is 222 g/mol. The summed E-state index contributed by atoms with van der Waals surface area (Å²) in [6.45, 7) is 9.99. The van der Waals surface area contributed by atoms with Crippen LogP contribution in [-0.2, 0) is 6.54 Å². The molecule has 90 valence electrons. The summed E-state index contributed by atoms with van der Waals surface area (Å²) >= 11 is 0. The molecule has 3 heteroatoms. The summed E-state index contributed by atoms with van der Waals surface area (Å²) in [5, 5.41) is 0. The second-order valence-electron chi connectivity index (χ2n) is 3.76. The van der Waals surface area contributed by atoms with Crippen LogP contribution in [0.15, 0.2) is 18.2 Å². The van der Waals surface area contributed by atoms with Gasteiger partial charge in [-0.05, 0) is 38.2 Å². The maximum absolute atomic E-state index is 5.81. The molecule has 0 aliphatic rings. The zero-order chi connectivity index (χ0) is 12.0. The predicted molar refractivity (Wildman–Crippen MR) is 68.6 cm³/mol. The first kappa shape index (κ1) is 12.8. The Morgan fingerprint density at radius 3 is 2.44 bits per heavy atom. The van der Waals surface area contributed by atoms with E-state index in [4.69, 9.17) is 10.5 Å². The summed E-state index contributed by atoms with van der Waals surface area (Å²) in [5.41, 5.74) is 7.78.